The van der Waals surface area contributed by atoms with E-state index in [1.807, 2.05) is 41.4 Å². The molecule has 11 heterocycles. The minimum atomic E-state index is -1.08. The smallest absolute Gasteiger partial charge is 0.220 e. The lowest BCUT2D eigenvalue weighted by Crippen LogP contribution is -2.43. The summed E-state index contributed by atoms with van der Waals surface area (Å²) in [5.41, 5.74) is 28.6. The van der Waals surface area contributed by atoms with E-state index in [1.165, 1.54) is 0 Å². The lowest BCUT2D eigenvalue weighted by Gasteiger charge is -2.32. The number of aromatic nitrogens is 12. The van der Waals surface area contributed by atoms with Crippen LogP contribution in [0.3, 0.4) is 0 Å². The van der Waals surface area contributed by atoms with E-state index in [0.717, 1.165) is 159 Å². The van der Waals surface area contributed by atoms with E-state index in [-0.39, 0.29) is 59.3 Å². The molecule has 2 aliphatic heterocycles. The van der Waals surface area contributed by atoms with Gasteiger partial charge in [0.15, 0.2) is 11.6 Å². The summed E-state index contributed by atoms with van der Waals surface area (Å²) in [6, 6.07) is 6.10. The van der Waals surface area contributed by atoms with Crippen LogP contribution in [0.25, 0.3) is 66.5 Å². The molecule has 13 rings (SSSR count). The largest absolute Gasteiger partial charge is 0.383 e. The molecule has 0 aromatic carbocycles. The summed E-state index contributed by atoms with van der Waals surface area (Å²) in [6.07, 6.45) is 22.7. The molecule has 2 saturated carbocycles. The Labute approximate surface area is 569 Å². The quantitative estimate of drug-likeness (QED) is 0.0449. The van der Waals surface area contributed by atoms with Crippen LogP contribution in [0.2, 0.25) is 0 Å². The fourth-order valence-electron chi connectivity index (χ4n) is 12.5. The number of pyridine rings is 3. The number of nitrogens with two attached hydrogens (primary N) is 4. The van der Waals surface area contributed by atoms with Crippen LogP contribution in [0, 0.1) is 59.0 Å². The number of piperidine rings is 1. The summed E-state index contributed by atoms with van der Waals surface area (Å²) in [5, 5.41) is 33.6. The van der Waals surface area contributed by atoms with Gasteiger partial charge in [0.25, 0.3) is 0 Å². The Balaban J connectivity index is 0.000000150. The number of hydrogen-bond donors (Lipinski definition) is 7. The fraction of sp³-hybridized carbons (Fsp3) is 0.466. The van der Waals surface area contributed by atoms with E-state index >= 15 is 0 Å². The van der Waals surface area contributed by atoms with Gasteiger partial charge in [-0.3, -0.25) is 4.90 Å². The standard InChI is InChI=1S/C26H31FN6O2.C25H29FN6O2.C22H28N6O/c1-26(34,17-3-4-17)8-5-18-13-20-21(24-22(27)14-30-25(28)31-24)16-33(23(20)15-29-18)19-6-9-32(10-7-19)11-12-35-2;1-3-31-8-9-34-18(13-31)14-32-15-20(23-21(26)11-29-24(27)30-23)19-10-17(28-12-22(19)32)6-7-25(2,33)16-4-5-16;1-14(2)28-13-18(20-15(6-5-9-23)11-26-21(24)27-20)17-10-16(25-12-19(17)28)7-8-22(3,4)29/h13-17,19,34H,3-4,6-7,9-12H2,1-2H3,(H2,28,30,31);10-12,15-16,18,33H,3-5,8-9,13-14H2,1-2H3,(H2,27,29,30);10-14,29H,5-6,9,23H2,1-4H3,(H2,24,26,27). The van der Waals surface area contributed by atoms with Crippen LogP contribution < -0.4 is 22.9 Å². The monoisotopic (exact) mass is 1330 g/mol. The Bertz CT molecular complexity index is 4550. The molecule has 98 heavy (non-hydrogen) atoms. The van der Waals surface area contributed by atoms with E-state index in [0.29, 0.717) is 47.9 Å². The van der Waals surface area contributed by atoms with Crippen LogP contribution in [0.5, 0.6) is 0 Å². The molecule has 514 valence electrons. The number of likely N-dealkylation sites (N-methyl/N-ethyl adjacent to an activating group) is 1. The highest BCUT2D eigenvalue weighted by Crippen LogP contribution is 2.42. The second kappa shape index (κ2) is 30.0. The lowest BCUT2D eigenvalue weighted by molar-refractivity contribution is -0.0337. The summed E-state index contributed by atoms with van der Waals surface area (Å²) < 4.78 is 47.2. The predicted molar refractivity (Wildman–Crippen MR) is 375 cm³/mol. The molecular formula is C73H88F2N18O5. The molecule has 11 N–H and O–H groups in total. The van der Waals surface area contributed by atoms with Gasteiger partial charge in [0.1, 0.15) is 45.3 Å². The second-order valence-electron chi connectivity index (χ2n) is 26.9. The number of aliphatic hydroxyl groups is 3. The molecule has 0 spiro atoms. The Morgan fingerprint density at radius 2 is 1.14 bits per heavy atom. The molecule has 3 atom stereocenters. The maximum atomic E-state index is 14.8. The third kappa shape index (κ3) is 16.9. The molecule has 23 nitrogen and oxygen atoms in total. The van der Waals surface area contributed by atoms with Gasteiger partial charge in [-0.05, 0) is 159 Å². The highest BCUT2D eigenvalue weighted by molar-refractivity contribution is 5.98. The molecular weight excluding hydrogens is 1250 g/mol. The van der Waals surface area contributed by atoms with Gasteiger partial charge in [-0.15, -0.1) is 0 Å². The minimum Gasteiger partial charge on any atom is -0.383 e. The second-order valence-corrected chi connectivity index (χ2v) is 26.9. The number of methoxy groups -OCH3 is 1. The highest BCUT2D eigenvalue weighted by Gasteiger charge is 2.40. The maximum Gasteiger partial charge on any atom is 0.220 e. The topological polar surface area (TPSA) is 321 Å². The van der Waals surface area contributed by atoms with Gasteiger partial charge < -0.3 is 66.3 Å². The van der Waals surface area contributed by atoms with Crippen molar-refractivity contribution in [2.45, 2.75) is 141 Å². The Morgan fingerprint density at radius 1 is 0.633 bits per heavy atom. The number of nitrogen functional groups attached to an aromatic ring is 3. The van der Waals surface area contributed by atoms with Crippen LogP contribution in [-0.2, 0) is 22.4 Å². The van der Waals surface area contributed by atoms with Gasteiger partial charge in [0, 0.05) is 110 Å². The molecule has 3 unspecified atom stereocenters. The molecule has 0 bridgehead atoms. The van der Waals surface area contributed by atoms with Crippen molar-refractivity contribution >= 4 is 50.6 Å². The van der Waals surface area contributed by atoms with Gasteiger partial charge in [-0.1, -0.05) is 24.7 Å². The first-order valence-electron chi connectivity index (χ1n) is 33.6. The zero-order chi connectivity index (χ0) is 69.6. The fourth-order valence-corrected chi connectivity index (χ4v) is 12.5. The molecule has 2 aliphatic carbocycles. The third-order valence-electron chi connectivity index (χ3n) is 18.3. The van der Waals surface area contributed by atoms with Gasteiger partial charge in [0.2, 0.25) is 17.8 Å². The zero-order valence-electron chi connectivity index (χ0n) is 57.0. The van der Waals surface area contributed by atoms with Crippen molar-refractivity contribution in [2.24, 2.45) is 17.6 Å². The van der Waals surface area contributed by atoms with Gasteiger partial charge in [0.05, 0.1) is 79.1 Å². The van der Waals surface area contributed by atoms with Crippen LogP contribution in [0.1, 0.15) is 128 Å². The number of morpholine rings is 1. The first kappa shape index (κ1) is 70.3. The van der Waals surface area contributed by atoms with E-state index in [9.17, 15) is 24.1 Å². The average Bonchev–Trinajstić information content (AvgIpc) is 1.70. The molecule has 0 amide bonds. The number of likely N-dealkylation sites (tertiary alicyclic amines) is 1. The summed E-state index contributed by atoms with van der Waals surface area (Å²) in [6.45, 7) is 21.3. The van der Waals surface area contributed by atoms with Crippen molar-refractivity contribution in [3.05, 3.63) is 108 Å². The number of ether oxygens (including phenoxy) is 2. The van der Waals surface area contributed by atoms with Gasteiger partial charge in [-0.25, -0.2) is 53.6 Å². The van der Waals surface area contributed by atoms with Crippen LogP contribution >= 0.6 is 0 Å². The maximum absolute atomic E-state index is 14.8. The highest BCUT2D eigenvalue weighted by atomic mass is 19.1. The molecule has 25 heteroatoms. The Morgan fingerprint density at radius 3 is 1.68 bits per heavy atom. The van der Waals surface area contributed by atoms with Crippen LogP contribution in [-0.4, -0.2) is 173 Å². The molecule has 9 aromatic rings. The number of fused-ring (bicyclic) bond motifs is 3. The van der Waals surface area contributed by atoms with Crippen molar-refractivity contribution in [3.63, 3.8) is 0 Å². The number of aryl methyl sites for hydroxylation is 1. The first-order chi connectivity index (χ1) is 46.9. The van der Waals surface area contributed by atoms with E-state index < -0.39 is 28.4 Å². The summed E-state index contributed by atoms with van der Waals surface area (Å²) >= 11 is 0. The lowest BCUT2D eigenvalue weighted by atomic mass is 10.0. The zero-order valence-corrected chi connectivity index (χ0v) is 57.0. The number of halogens is 2. The number of nitrogens with zero attached hydrogens (tertiary/aromatic N) is 14. The number of hydrogen-bond acceptors (Lipinski definition) is 20. The minimum absolute atomic E-state index is 0.000975. The molecule has 2 saturated heterocycles. The first-order valence-corrected chi connectivity index (χ1v) is 33.6. The SMILES string of the molecule is CC(C)n1cc(-c2nc(N)ncc2CCCN)c2cc(C#CC(C)(C)O)ncc21.CCN1CCOC(Cn2cc(-c3nc(N)ncc3F)c3cc(C#CC(C)(O)C4CC4)ncc32)C1.COCCN1CCC(n2cc(-c3nc(N)ncc3F)c3cc(C#CC(C)(O)C4CC4)ncc32)CC1. The summed E-state index contributed by atoms with van der Waals surface area (Å²) in [7, 11) is 1.72. The molecule has 4 aliphatic rings. The molecule has 0 radical (unpaired) electrons. The van der Waals surface area contributed by atoms with E-state index in [1.54, 1.807) is 53.4 Å². The number of rotatable bonds is 16. The van der Waals surface area contributed by atoms with Gasteiger partial charge >= 0.3 is 0 Å². The van der Waals surface area contributed by atoms with E-state index in [2.05, 4.69) is 126 Å². The van der Waals surface area contributed by atoms with Crippen molar-refractivity contribution in [2.75, 3.05) is 83.3 Å². The summed E-state index contributed by atoms with van der Waals surface area (Å²) in [4.78, 5) is 42.9. The van der Waals surface area contributed by atoms with Crippen LogP contribution in [0.15, 0.2) is 74.0 Å². The third-order valence-corrected chi connectivity index (χ3v) is 18.3. The summed E-state index contributed by atoms with van der Waals surface area (Å²) in [5.74, 6) is 17.3. The van der Waals surface area contributed by atoms with Crippen molar-refractivity contribution < 1.29 is 33.6 Å². The normalized spacial score (nSPS) is 17.4. The Hall–Kier alpha value is -9.07. The van der Waals surface area contributed by atoms with Crippen molar-refractivity contribution in [3.8, 4) is 69.3 Å². The number of anilines is 3. The van der Waals surface area contributed by atoms with Gasteiger partial charge in [-0.2, -0.15) is 0 Å². The average molecular weight is 1340 g/mol. The van der Waals surface area contributed by atoms with E-state index in [4.69, 9.17) is 32.4 Å². The van der Waals surface area contributed by atoms with Crippen LogP contribution in [0.4, 0.5) is 26.6 Å². The Kier molecular flexibility index (Phi) is 21.5. The van der Waals surface area contributed by atoms with Crippen molar-refractivity contribution in [1.29, 1.82) is 0 Å². The molecule has 9 aromatic heterocycles. The molecule has 4 fully saturated rings. The predicted octanol–water partition coefficient (Wildman–Crippen LogP) is 8.13. The van der Waals surface area contributed by atoms with Crippen molar-refractivity contribution in [1.82, 2.24) is 68.4 Å².